The maximum Gasteiger partial charge on any atom is 0.0888 e. The van der Waals surface area contributed by atoms with Crippen molar-refractivity contribution in [3.63, 3.8) is 0 Å². The maximum absolute atomic E-state index is 6.05. The topological polar surface area (TPSA) is 34.6 Å². The standard InChI is InChI=1S/C20H26N2O2S/c1-15-3-2-4-18(21-15)13-23-12-17-9-19-20(10-17)24-7-6-22(19)11-16-5-8-25-14-16/h2-5,8,14,17,19-20H,6-7,9-13H2,1H3/t17-,19+,20-/m0/s1. The molecule has 2 aromatic heterocycles. The van der Waals surface area contributed by atoms with Crippen molar-refractivity contribution in [3.8, 4) is 0 Å². The Labute approximate surface area is 153 Å². The van der Waals surface area contributed by atoms with Crippen LogP contribution in [0, 0.1) is 12.8 Å². The molecule has 4 nitrogen and oxygen atoms in total. The molecule has 0 spiro atoms. The van der Waals surface area contributed by atoms with Gasteiger partial charge >= 0.3 is 0 Å². The van der Waals surface area contributed by atoms with E-state index >= 15 is 0 Å². The smallest absolute Gasteiger partial charge is 0.0888 e. The Morgan fingerprint density at radius 2 is 2.28 bits per heavy atom. The van der Waals surface area contributed by atoms with E-state index in [2.05, 4.69) is 26.7 Å². The Morgan fingerprint density at radius 1 is 1.32 bits per heavy atom. The molecule has 134 valence electrons. The molecule has 3 heterocycles. The van der Waals surface area contributed by atoms with Gasteiger partial charge in [0.2, 0.25) is 0 Å². The summed E-state index contributed by atoms with van der Waals surface area (Å²) in [5.74, 6) is 0.586. The lowest BCUT2D eigenvalue weighted by molar-refractivity contribution is -0.0591. The number of aryl methyl sites for hydroxylation is 1. The number of pyridine rings is 1. The number of aromatic nitrogens is 1. The summed E-state index contributed by atoms with van der Waals surface area (Å²) in [5, 5.41) is 4.42. The van der Waals surface area contributed by atoms with Gasteiger partial charge in [0.1, 0.15) is 0 Å². The summed E-state index contributed by atoms with van der Waals surface area (Å²) in [7, 11) is 0. The molecule has 1 aliphatic carbocycles. The number of nitrogens with zero attached hydrogens (tertiary/aromatic N) is 2. The number of hydrogen-bond donors (Lipinski definition) is 0. The molecule has 2 fully saturated rings. The second-order valence-electron chi connectivity index (χ2n) is 7.20. The van der Waals surface area contributed by atoms with E-state index in [1.54, 1.807) is 11.3 Å². The molecule has 5 heteroatoms. The number of thiophene rings is 1. The van der Waals surface area contributed by atoms with E-state index < -0.39 is 0 Å². The van der Waals surface area contributed by atoms with Gasteiger partial charge in [-0.3, -0.25) is 9.88 Å². The van der Waals surface area contributed by atoms with Gasteiger partial charge in [0.15, 0.2) is 0 Å². The first-order valence-corrected chi connectivity index (χ1v) is 10.1. The van der Waals surface area contributed by atoms with E-state index in [1.807, 2.05) is 25.1 Å². The first kappa shape index (κ1) is 17.2. The fourth-order valence-corrected chi connectivity index (χ4v) is 4.75. The van der Waals surface area contributed by atoms with Gasteiger partial charge in [0.25, 0.3) is 0 Å². The second-order valence-corrected chi connectivity index (χ2v) is 7.98. The summed E-state index contributed by atoms with van der Waals surface area (Å²) in [5.41, 5.74) is 3.49. The largest absolute Gasteiger partial charge is 0.375 e. The lowest BCUT2D eigenvalue weighted by Gasteiger charge is -2.37. The number of morpholine rings is 1. The van der Waals surface area contributed by atoms with Gasteiger partial charge in [-0.15, -0.1) is 0 Å². The van der Waals surface area contributed by atoms with Crippen molar-refractivity contribution < 1.29 is 9.47 Å². The van der Waals surface area contributed by atoms with E-state index in [-0.39, 0.29) is 0 Å². The lowest BCUT2D eigenvalue weighted by atomic mass is 10.1. The van der Waals surface area contributed by atoms with Crippen molar-refractivity contribution >= 4 is 11.3 Å². The van der Waals surface area contributed by atoms with E-state index in [1.165, 1.54) is 12.0 Å². The highest BCUT2D eigenvalue weighted by atomic mass is 32.1. The summed E-state index contributed by atoms with van der Waals surface area (Å²) in [6, 6.07) is 8.87. The highest BCUT2D eigenvalue weighted by molar-refractivity contribution is 7.07. The van der Waals surface area contributed by atoms with Crippen molar-refractivity contribution in [3.05, 3.63) is 52.0 Å². The Bertz CT molecular complexity index is 676. The van der Waals surface area contributed by atoms with E-state index in [0.717, 1.165) is 44.1 Å². The molecule has 1 aliphatic heterocycles. The lowest BCUT2D eigenvalue weighted by Crippen LogP contribution is -2.47. The van der Waals surface area contributed by atoms with Crippen LogP contribution in [0.4, 0.5) is 0 Å². The van der Waals surface area contributed by atoms with Crippen LogP contribution in [0.1, 0.15) is 29.8 Å². The minimum Gasteiger partial charge on any atom is -0.375 e. The fraction of sp³-hybridized carbons (Fsp3) is 0.550. The third-order valence-corrected chi connectivity index (χ3v) is 6.00. The normalized spacial score (nSPS) is 26.7. The molecule has 2 aromatic rings. The molecular formula is C20H26N2O2S. The molecule has 0 aromatic carbocycles. The Morgan fingerprint density at radius 3 is 3.12 bits per heavy atom. The van der Waals surface area contributed by atoms with Gasteiger partial charge in [-0.2, -0.15) is 11.3 Å². The highest BCUT2D eigenvalue weighted by Crippen LogP contribution is 2.35. The monoisotopic (exact) mass is 358 g/mol. The second kappa shape index (κ2) is 7.96. The molecule has 4 rings (SSSR count). The molecule has 0 unspecified atom stereocenters. The van der Waals surface area contributed by atoms with E-state index in [9.17, 15) is 0 Å². The average molecular weight is 359 g/mol. The van der Waals surface area contributed by atoms with Crippen LogP contribution in [-0.4, -0.2) is 41.8 Å². The maximum atomic E-state index is 6.05. The molecule has 0 N–H and O–H groups in total. The minimum absolute atomic E-state index is 0.373. The van der Waals surface area contributed by atoms with Crippen molar-refractivity contribution in [2.75, 3.05) is 19.8 Å². The molecule has 0 amide bonds. The van der Waals surface area contributed by atoms with Crippen molar-refractivity contribution in [1.29, 1.82) is 0 Å². The first-order valence-electron chi connectivity index (χ1n) is 9.15. The average Bonchev–Trinajstić information content (AvgIpc) is 3.25. The predicted molar refractivity (Wildman–Crippen MR) is 99.6 cm³/mol. The first-order chi connectivity index (χ1) is 12.3. The SMILES string of the molecule is Cc1cccc(COC[C@@H]2C[C@@H]3OCCN(Cc4ccsc4)[C@@H]3C2)n1. The number of rotatable bonds is 6. The molecule has 25 heavy (non-hydrogen) atoms. The molecule has 0 radical (unpaired) electrons. The Hall–Kier alpha value is -1.27. The van der Waals surface area contributed by atoms with E-state index in [0.29, 0.717) is 24.7 Å². The summed E-state index contributed by atoms with van der Waals surface area (Å²) >= 11 is 1.78. The van der Waals surface area contributed by atoms with Crippen LogP contribution in [0.2, 0.25) is 0 Å². The number of hydrogen-bond acceptors (Lipinski definition) is 5. The van der Waals surface area contributed by atoms with Crippen LogP contribution >= 0.6 is 11.3 Å². The zero-order valence-electron chi connectivity index (χ0n) is 14.8. The van der Waals surface area contributed by atoms with Crippen LogP contribution in [0.5, 0.6) is 0 Å². The van der Waals surface area contributed by atoms with Crippen molar-refractivity contribution in [2.45, 2.75) is 45.1 Å². The third-order valence-electron chi connectivity index (χ3n) is 5.26. The van der Waals surface area contributed by atoms with Crippen LogP contribution in [-0.2, 0) is 22.6 Å². The Kier molecular flexibility index (Phi) is 5.46. The zero-order valence-corrected chi connectivity index (χ0v) is 15.6. The Balaban J connectivity index is 1.29. The minimum atomic E-state index is 0.373. The molecule has 0 bridgehead atoms. The number of ether oxygens (including phenoxy) is 2. The van der Waals surface area contributed by atoms with Crippen molar-refractivity contribution in [1.82, 2.24) is 9.88 Å². The van der Waals surface area contributed by atoms with Crippen molar-refractivity contribution in [2.24, 2.45) is 5.92 Å². The molecule has 1 saturated heterocycles. The molecular weight excluding hydrogens is 332 g/mol. The molecule has 2 aliphatic rings. The van der Waals surface area contributed by atoms with Crippen LogP contribution < -0.4 is 0 Å². The van der Waals surface area contributed by atoms with Crippen LogP contribution in [0.15, 0.2) is 35.0 Å². The fourth-order valence-electron chi connectivity index (χ4n) is 4.09. The van der Waals surface area contributed by atoms with Gasteiger partial charge in [0, 0.05) is 24.8 Å². The third kappa shape index (κ3) is 4.29. The summed E-state index contributed by atoms with van der Waals surface area (Å²) in [4.78, 5) is 7.12. The van der Waals surface area contributed by atoms with Gasteiger partial charge in [-0.25, -0.2) is 0 Å². The number of fused-ring (bicyclic) bond motifs is 1. The molecule has 1 saturated carbocycles. The predicted octanol–water partition coefficient (Wildman–Crippen LogP) is 3.65. The highest BCUT2D eigenvalue weighted by Gasteiger charge is 2.40. The van der Waals surface area contributed by atoms with Gasteiger partial charge in [-0.1, -0.05) is 6.07 Å². The van der Waals surface area contributed by atoms with Crippen LogP contribution in [0.25, 0.3) is 0 Å². The summed E-state index contributed by atoms with van der Waals surface area (Å²) in [6.07, 6.45) is 2.67. The van der Waals surface area contributed by atoms with Gasteiger partial charge < -0.3 is 9.47 Å². The van der Waals surface area contributed by atoms with Crippen LogP contribution in [0.3, 0.4) is 0 Å². The molecule has 3 atom stereocenters. The van der Waals surface area contributed by atoms with E-state index in [4.69, 9.17) is 9.47 Å². The van der Waals surface area contributed by atoms with Gasteiger partial charge in [-0.05, 0) is 60.2 Å². The van der Waals surface area contributed by atoms with Gasteiger partial charge in [0.05, 0.1) is 31.6 Å². The summed E-state index contributed by atoms with van der Waals surface area (Å²) in [6.45, 7) is 6.37. The zero-order chi connectivity index (χ0) is 17.1. The summed E-state index contributed by atoms with van der Waals surface area (Å²) < 4.78 is 12.0. The quantitative estimate of drug-likeness (QED) is 0.789.